The third-order valence-corrected chi connectivity index (χ3v) is 7.92. The predicted molar refractivity (Wildman–Crippen MR) is 173 cm³/mol. The van der Waals surface area contributed by atoms with E-state index in [1.54, 1.807) is 6.07 Å². The van der Waals surface area contributed by atoms with Crippen LogP contribution in [0, 0.1) is 0 Å². The van der Waals surface area contributed by atoms with Crippen molar-refractivity contribution in [2.24, 2.45) is 0 Å². The molecular formula is C38H31N3O. The first kappa shape index (κ1) is 25.7. The number of nitrogens with zero attached hydrogens (tertiary/aromatic N) is 3. The second-order valence-electron chi connectivity index (χ2n) is 11.7. The number of pyridine rings is 2. The minimum Gasteiger partial charge on any atom is -0.507 e. The van der Waals surface area contributed by atoms with E-state index in [0.717, 1.165) is 61.3 Å². The number of para-hydroxylation sites is 2. The number of phenols is 1. The molecule has 0 saturated heterocycles. The highest BCUT2D eigenvalue weighted by atomic mass is 16.3. The maximum absolute atomic E-state index is 10.7. The number of aromatic nitrogens is 3. The van der Waals surface area contributed by atoms with Crippen LogP contribution in [0.2, 0.25) is 0 Å². The zero-order valence-corrected chi connectivity index (χ0v) is 23.9. The monoisotopic (exact) mass is 545 g/mol. The number of fused-ring (bicyclic) bond motifs is 3. The molecule has 7 rings (SSSR count). The van der Waals surface area contributed by atoms with Gasteiger partial charge in [-0.3, -0.25) is 9.55 Å². The van der Waals surface area contributed by atoms with Crippen LogP contribution in [-0.2, 0) is 5.41 Å². The molecule has 0 radical (unpaired) electrons. The first-order chi connectivity index (χ1) is 20.4. The molecule has 4 nitrogen and oxygen atoms in total. The number of hydrogen-bond acceptors (Lipinski definition) is 3. The van der Waals surface area contributed by atoms with Gasteiger partial charge in [0.25, 0.3) is 0 Å². The topological polar surface area (TPSA) is 50.9 Å². The summed E-state index contributed by atoms with van der Waals surface area (Å²) < 4.78 is 2.24. The van der Waals surface area contributed by atoms with E-state index in [1.807, 2.05) is 30.5 Å². The Hall–Kier alpha value is -5.22. The molecule has 0 aliphatic carbocycles. The van der Waals surface area contributed by atoms with Crippen molar-refractivity contribution in [3.05, 3.63) is 133 Å². The largest absolute Gasteiger partial charge is 0.507 e. The van der Waals surface area contributed by atoms with E-state index in [4.69, 9.17) is 9.97 Å². The molecular weight excluding hydrogens is 514 g/mol. The van der Waals surface area contributed by atoms with E-state index < -0.39 is 0 Å². The highest BCUT2D eigenvalue weighted by molar-refractivity contribution is 6.10. The van der Waals surface area contributed by atoms with E-state index in [-0.39, 0.29) is 11.2 Å². The van der Waals surface area contributed by atoms with E-state index in [0.29, 0.717) is 5.56 Å². The third-order valence-electron chi connectivity index (χ3n) is 7.92. The summed E-state index contributed by atoms with van der Waals surface area (Å²) in [4.78, 5) is 9.92. The zero-order valence-electron chi connectivity index (χ0n) is 23.9. The van der Waals surface area contributed by atoms with Crippen molar-refractivity contribution in [2.75, 3.05) is 0 Å². The normalized spacial score (nSPS) is 11.8. The van der Waals surface area contributed by atoms with Crippen LogP contribution in [0.1, 0.15) is 26.3 Å². The second kappa shape index (κ2) is 10.0. The summed E-state index contributed by atoms with van der Waals surface area (Å²) in [5.41, 5.74) is 8.87. The SMILES string of the molecule is CC(C)(C)c1cc(-c2ccccc2O)nc(-n2c3ccccc3c3ccc(-c4cc(-c5ccccc5)ccn4)cc32)c1. The maximum Gasteiger partial charge on any atom is 0.138 e. The Morgan fingerprint density at radius 1 is 0.595 bits per heavy atom. The molecule has 0 spiro atoms. The average molecular weight is 546 g/mol. The van der Waals surface area contributed by atoms with Crippen LogP contribution in [0.25, 0.3) is 61.3 Å². The fourth-order valence-electron chi connectivity index (χ4n) is 5.67. The number of hydrogen-bond donors (Lipinski definition) is 1. The molecule has 204 valence electrons. The summed E-state index contributed by atoms with van der Waals surface area (Å²) >= 11 is 0. The number of aromatic hydroxyl groups is 1. The van der Waals surface area contributed by atoms with Crippen LogP contribution >= 0.6 is 0 Å². The lowest BCUT2D eigenvalue weighted by Gasteiger charge is -2.22. The Morgan fingerprint density at radius 2 is 1.33 bits per heavy atom. The average Bonchev–Trinajstić information content (AvgIpc) is 3.35. The molecule has 0 unspecified atom stereocenters. The number of benzene rings is 4. The van der Waals surface area contributed by atoms with Gasteiger partial charge in [0.05, 0.1) is 22.4 Å². The summed E-state index contributed by atoms with van der Waals surface area (Å²) in [6, 6.07) is 41.3. The van der Waals surface area contributed by atoms with Gasteiger partial charge in [0.2, 0.25) is 0 Å². The minimum absolute atomic E-state index is 0.122. The molecule has 3 aromatic heterocycles. The number of rotatable bonds is 4. The molecule has 0 atom stereocenters. The first-order valence-electron chi connectivity index (χ1n) is 14.2. The Balaban J connectivity index is 1.48. The summed E-state index contributed by atoms with van der Waals surface area (Å²) in [5, 5.41) is 13.1. The van der Waals surface area contributed by atoms with Gasteiger partial charge >= 0.3 is 0 Å². The summed E-state index contributed by atoms with van der Waals surface area (Å²) in [7, 11) is 0. The molecule has 0 aliphatic heterocycles. The summed E-state index contributed by atoms with van der Waals surface area (Å²) in [5.74, 6) is 1.03. The summed E-state index contributed by atoms with van der Waals surface area (Å²) in [6.07, 6.45) is 1.88. The van der Waals surface area contributed by atoms with Crippen LogP contribution < -0.4 is 0 Å². The Labute approximate surface area is 245 Å². The molecule has 0 saturated carbocycles. The first-order valence-corrected chi connectivity index (χ1v) is 14.2. The maximum atomic E-state index is 10.7. The van der Waals surface area contributed by atoms with E-state index in [9.17, 15) is 5.11 Å². The van der Waals surface area contributed by atoms with Gasteiger partial charge < -0.3 is 5.11 Å². The van der Waals surface area contributed by atoms with Gasteiger partial charge in [-0.25, -0.2) is 4.98 Å². The van der Waals surface area contributed by atoms with Gasteiger partial charge in [0.15, 0.2) is 0 Å². The van der Waals surface area contributed by atoms with Crippen molar-refractivity contribution in [3.8, 4) is 45.2 Å². The van der Waals surface area contributed by atoms with Crippen LogP contribution in [0.4, 0.5) is 0 Å². The molecule has 0 bridgehead atoms. The second-order valence-corrected chi connectivity index (χ2v) is 11.7. The molecule has 42 heavy (non-hydrogen) atoms. The molecule has 4 heteroatoms. The van der Waals surface area contributed by atoms with Gasteiger partial charge in [-0.2, -0.15) is 0 Å². The van der Waals surface area contributed by atoms with Crippen molar-refractivity contribution in [1.82, 2.24) is 14.5 Å². The van der Waals surface area contributed by atoms with Gasteiger partial charge in [-0.1, -0.05) is 93.6 Å². The Morgan fingerprint density at radius 3 is 2.14 bits per heavy atom. The third kappa shape index (κ3) is 4.51. The fraction of sp³-hybridized carbons (Fsp3) is 0.105. The lowest BCUT2D eigenvalue weighted by Crippen LogP contribution is -2.13. The molecule has 0 fully saturated rings. The van der Waals surface area contributed by atoms with Gasteiger partial charge in [0, 0.05) is 28.1 Å². The van der Waals surface area contributed by atoms with Crippen LogP contribution in [0.3, 0.4) is 0 Å². The van der Waals surface area contributed by atoms with Crippen molar-refractivity contribution in [3.63, 3.8) is 0 Å². The lowest BCUT2D eigenvalue weighted by molar-refractivity contribution is 0.477. The highest BCUT2D eigenvalue weighted by Gasteiger charge is 2.21. The lowest BCUT2D eigenvalue weighted by atomic mass is 9.86. The quantitative estimate of drug-likeness (QED) is 0.240. The molecule has 1 N–H and O–H groups in total. The van der Waals surface area contributed by atoms with Gasteiger partial charge in [-0.05, 0) is 70.6 Å². The van der Waals surface area contributed by atoms with Crippen LogP contribution in [0.5, 0.6) is 5.75 Å². The summed E-state index contributed by atoms with van der Waals surface area (Å²) in [6.45, 7) is 6.61. The molecule has 4 aromatic carbocycles. The highest BCUT2D eigenvalue weighted by Crippen LogP contribution is 2.37. The van der Waals surface area contributed by atoms with Gasteiger partial charge in [0.1, 0.15) is 11.6 Å². The van der Waals surface area contributed by atoms with E-state index in [2.05, 4.69) is 116 Å². The van der Waals surface area contributed by atoms with Crippen molar-refractivity contribution < 1.29 is 5.11 Å². The van der Waals surface area contributed by atoms with Crippen LogP contribution in [-0.4, -0.2) is 19.6 Å². The zero-order chi connectivity index (χ0) is 28.8. The predicted octanol–water partition coefficient (Wildman–Crippen LogP) is 9.58. The smallest absolute Gasteiger partial charge is 0.138 e. The molecule has 0 aliphatic rings. The standard InChI is InChI=1S/C38H31N3O/c1-38(2,3)28-23-33(31-14-8-10-16-36(31)42)40-37(24-28)41-34-15-9-7-13-29(34)30-18-17-27(22-35(30)41)32-21-26(19-20-39-32)25-11-5-4-6-12-25/h4-24,42H,1-3H3. The van der Waals surface area contributed by atoms with Crippen molar-refractivity contribution in [1.29, 1.82) is 0 Å². The van der Waals surface area contributed by atoms with Gasteiger partial charge in [-0.15, -0.1) is 0 Å². The van der Waals surface area contributed by atoms with Crippen molar-refractivity contribution in [2.45, 2.75) is 26.2 Å². The van der Waals surface area contributed by atoms with E-state index >= 15 is 0 Å². The molecule has 3 heterocycles. The molecule has 0 amide bonds. The van der Waals surface area contributed by atoms with E-state index in [1.165, 1.54) is 0 Å². The van der Waals surface area contributed by atoms with Crippen LogP contribution in [0.15, 0.2) is 128 Å². The minimum atomic E-state index is -0.122. The Kier molecular flexibility index (Phi) is 6.13. The fourth-order valence-corrected chi connectivity index (χ4v) is 5.67. The van der Waals surface area contributed by atoms with Crippen molar-refractivity contribution >= 4 is 21.8 Å². The Bertz CT molecular complexity index is 2080. The molecule has 7 aromatic rings. The number of phenolic OH excluding ortho intramolecular Hbond substituents is 1.